The van der Waals surface area contributed by atoms with Gasteiger partial charge in [-0.3, -0.25) is 4.79 Å². The number of aromatic hydroxyl groups is 1. The number of nitrogens with zero attached hydrogens (tertiary/aromatic N) is 1. The van der Waals surface area contributed by atoms with Crippen molar-refractivity contribution < 1.29 is 9.90 Å². The van der Waals surface area contributed by atoms with Crippen LogP contribution in [0.5, 0.6) is 5.75 Å². The maximum Gasteiger partial charge on any atom is 0.259 e. The fraction of sp³-hybridized carbons (Fsp3) is 0.125. The second-order valence-electron chi connectivity index (χ2n) is 4.64. The van der Waals surface area contributed by atoms with Gasteiger partial charge in [0.05, 0.1) is 12.3 Å². The molecule has 0 radical (unpaired) electrons. The summed E-state index contributed by atoms with van der Waals surface area (Å²) in [5.41, 5.74) is 4.89. The lowest BCUT2D eigenvalue weighted by Crippen LogP contribution is -2.26. The Morgan fingerprint density at radius 3 is 2.41 bits per heavy atom. The largest absolute Gasteiger partial charge is 0.508 e. The third-order valence-electron chi connectivity index (χ3n) is 2.93. The van der Waals surface area contributed by atoms with E-state index in [-0.39, 0.29) is 18.2 Å². The lowest BCUT2D eigenvalue weighted by molar-refractivity contribution is -0.119. The summed E-state index contributed by atoms with van der Waals surface area (Å²) < 4.78 is 1.14. The zero-order valence-electron chi connectivity index (χ0n) is 12.0. The van der Waals surface area contributed by atoms with Crippen molar-refractivity contribution in [3.63, 3.8) is 0 Å². The minimum absolute atomic E-state index is 0.146. The highest BCUT2D eigenvalue weighted by atomic mass is 127. The second kappa shape index (κ2) is 7.79. The molecule has 2 aromatic carbocycles. The number of anilines is 1. The summed E-state index contributed by atoms with van der Waals surface area (Å²) in [4.78, 5) is 11.8. The number of carbonyl (C=O) groups is 1. The van der Waals surface area contributed by atoms with E-state index in [9.17, 15) is 9.90 Å². The van der Waals surface area contributed by atoms with Gasteiger partial charge in [0.25, 0.3) is 5.91 Å². The van der Waals surface area contributed by atoms with Crippen molar-refractivity contribution in [2.24, 2.45) is 5.10 Å². The molecule has 2 aromatic rings. The van der Waals surface area contributed by atoms with Gasteiger partial charge in [-0.25, -0.2) is 5.43 Å². The molecule has 2 rings (SSSR count). The van der Waals surface area contributed by atoms with Crippen LogP contribution in [0.2, 0.25) is 0 Å². The van der Waals surface area contributed by atoms with Gasteiger partial charge < -0.3 is 10.4 Å². The Kier molecular flexibility index (Phi) is 5.76. The number of amides is 1. The first kappa shape index (κ1) is 16.3. The molecule has 114 valence electrons. The molecular formula is C16H16IN3O2. The van der Waals surface area contributed by atoms with Crippen LogP contribution in [0.1, 0.15) is 12.5 Å². The summed E-state index contributed by atoms with van der Waals surface area (Å²) in [6.45, 7) is 1.94. The van der Waals surface area contributed by atoms with E-state index >= 15 is 0 Å². The highest BCUT2D eigenvalue weighted by Crippen LogP contribution is 2.11. The van der Waals surface area contributed by atoms with Crippen LogP contribution in [0.25, 0.3) is 0 Å². The summed E-state index contributed by atoms with van der Waals surface area (Å²) in [5, 5.41) is 16.3. The van der Waals surface area contributed by atoms with Gasteiger partial charge in [-0.05, 0) is 83.6 Å². The molecule has 0 saturated heterocycles. The molecule has 0 unspecified atom stereocenters. The Bertz CT molecular complexity index is 667. The third kappa shape index (κ3) is 5.03. The van der Waals surface area contributed by atoms with Crippen LogP contribution in [0.4, 0.5) is 5.69 Å². The van der Waals surface area contributed by atoms with Crippen LogP contribution in [-0.2, 0) is 4.79 Å². The standard InChI is InChI=1S/C16H16IN3O2/c1-11(12-2-8-15(21)9-3-12)19-20-16(22)10-18-14-6-4-13(17)5-7-14/h2-9,18,21H,10H2,1H3,(H,20,22)/b19-11+. The van der Waals surface area contributed by atoms with E-state index in [2.05, 4.69) is 38.4 Å². The van der Waals surface area contributed by atoms with Gasteiger partial charge in [0.15, 0.2) is 0 Å². The van der Waals surface area contributed by atoms with E-state index in [1.54, 1.807) is 31.2 Å². The molecule has 0 heterocycles. The van der Waals surface area contributed by atoms with E-state index in [0.717, 1.165) is 14.8 Å². The minimum Gasteiger partial charge on any atom is -0.508 e. The van der Waals surface area contributed by atoms with E-state index in [1.165, 1.54) is 0 Å². The predicted octanol–water partition coefficient (Wildman–Crippen LogP) is 2.95. The van der Waals surface area contributed by atoms with E-state index < -0.39 is 0 Å². The van der Waals surface area contributed by atoms with Crippen molar-refractivity contribution in [2.45, 2.75) is 6.92 Å². The number of phenols is 1. The Labute approximate surface area is 142 Å². The number of benzene rings is 2. The quantitative estimate of drug-likeness (QED) is 0.404. The number of halogens is 1. The molecule has 1 amide bonds. The summed E-state index contributed by atoms with van der Waals surface area (Å²) in [7, 11) is 0. The number of carbonyl (C=O) groups excluding carboxylic acids is 1. The van der Waals surface area contributed by atoms with Crippen LogP contribution in [0, 0.1) is 3.57 Å². The Balaban J connectivity index is 1.85. The van der Waals surface area contributed by atoms with Gasteiger partial charge in [-0.1, -0.05) is 0 Å². The van der Waals surface area contributed by atoms with Crippen molar-refractivity contribution in [3.05, 3.63) is 57.7 Å². The SMILES string of the molecule is C/C(=N\NC(=O)CNc1ccc(I)cc1)c1ccc(O)cc1. The summed E-state index contributed by atoms with van der Waals surface area (Å²) in [5.74, 6) is -0.0287. The maximum atomic E-state index is 11.8. The van der Waals surface area contributed by atoms with Gasteiger partial charge in [0.2, 0.25) is 0 Å². The Morgan fingerprint density at radius 2 is 1.77 bits per heavy atom. The van der Waals surface area contributed by atoms with Gasteiger partial charge in [-0.15, -0.1) is 0 Å². The van der Waals surface area contributed by atoms with Crippen LogP contribution in [-0.4, -0.2) is 23.3 Å². The monoisotopic (exact) mass is 409 g/mol. The molecule has 0 aromatic heterocycles. The normalized spacial score (nSPS) is 11.1. The van der Waals surface area contributed by atoms with Crippen LogP contribution in [0.3, 0.4) is 0 Å². The molecule has 0 aliphatic heterocycles. The van der Waals surface area contributed by atoms with Crippen LogP contribution in [0.15, 0.2) is 53.6 Å². The van der Waals surface area contributed by atoms with Gasteiger partial charge in [0, 0.05) is 9.26 Å². The Morgan fingerprint density at radius 1 is 1.14 bits per heavy atom. The lowest BCUT2D eigenvalue weighted by atomic mass is 10.1. The second-order valence-corrected chi connectivity index (χ2v) is 5.89. The van der Waals surface area contributed by atoms with E-state index in [0.29, 0.717) is 5.71 Å². The van der Waals surface area contributed by atoms with Gasteiger partial charge >= 0.3 is 0 Å². The molecule has 6 heteroatoms. The molecule has 0 atom stereocenters. The average molecular weight is 409 g/mol. The first-order valence-electron chi connectivity index (χ1n) is 6.66. The fourth-order valence-corrected chi connectivity index (χ4v) is 2.06. The highest BCUT2D eigenvalue weighted by molar-refractivity contribution is 14.1. The molecule has 0 saturated carbocycles. The smallest absolute Gasteiger partial charge is 0.259 e. The number of hydrazone groups is 1. The zero-order chi connectivity index (χ0) is 15.9. The number of hydrogen-bond acceptors (Lipinski definition) is 4. The van der Waals surface area contributed by atoms with Crippen molar-refractivity contribution in [1.29, 1.82) is 0 Å². The topological polar surface area (TPSA) is 73.7 Å². The first-order valence-corrected chi connectivity index (χ1v) is 7.74. The number of hydrogen-bond donors (Lipinski definition) is 3. The summed E-state index contributed by atoms with van der Waals surface area (Å²) in [6.07, 6.45) is 0. The molecule has 0 spiro atoms. The van der Waals surface area contributed by atoms with Gasteiger partial charge in [0.1, 0.15) is 5.75 Å². The Hall–Kier alpha value is -2.09. The summed E-state index contributed by atoms with van der Waals surface area (Å²) >= 11 is 2.23. The van der Waals surface area contributed by atoms with E-state index in [4.69, 9.17) is 0 Å². The van der Waals surface area contributed by atoms with Crippen molar-refractivity contribution in [3.8, 4) is 5.75 Å². The lowest BCUT2D eigenvalue weighted by Gasteiger charge is -2.06. The fourth-order valence-electron chi connectivity index (χ4n) is 1.70. The third-order valence-corrected chi connectivity index (χ3v) is 3.65. The van der Waals surface area contributed by atoms with Crippen LogP contribution >= 0.6 is 22.6 Å². The van der Waals surface area contributed by atoms with E-state index in [1.807, 2.05) is 24.3 Å². The highest BCUT2D eigenvalue weighted by Gasteiger charge is 2.02. The zero-order valence-corrected chi connectivity index (χ0v) is 14.2. The van der Waals surface area contributed by atoms with Crippen molar-refractivity contribution in [1.82, 2.24) is 5.43 Å². The number of rotatable bonds is 5. The molecule has 5 nitrogen and oxygen atoms in total. The molecule has 3 N–H and O–H groups in total. The number of phenolic OH excluding ortho intramolecular Hbond substituents is 1. The molecule has 0 fully saturated rings. The first-order chi connectivity index (χ1) is 10.5. The van der Waals surface area contributed by atoms with Crippen molar-refractivity contribution in [2.75, 3.05) is 11.9 Å². The maximum absolute atomic E-state index is 11.8. The van der Waals surface area contributed by atoms with Crippen molar-refractivity contribution >= 4 is 39.9 Å². The minimum atomic E-state index is -0.225. The summed E-state index contributed by atoms with van der Waals surface area (Å²) in [6, 6.07) is 14.4. The number of nitrogens with one attached hydrogen (secondary N) is 2. The van der Waals surface area contributed by atoms with Gasteiger partial charge in [-0.2, -0.15) is 5.10 Å². The molecule has 0 aliphatic rings. The van der Waals surface area contributed by atoms with Crippen LogP contribution < -0.4 is 10.7 Å². The molecular weight excluding hydrogens is 393 g/mol. The average Bonchev–Trinajstić information content (AvgIpc) is 2.52. The molecule has 0 bridgehead atoms. The predicted molar refractivity (Wildman–Crippen MR) is 96.1 cm³/mol. The molecule has 22 heavy (non-hydrogen) atoms. The molecule has 0 aliphatic carbocycles.